The van der Waals surface area contributed by atoms with Gasteiger partial charge < -0.3 is 20.5 Å². The fourth-order valence-electron chi connectivity index (χ4n) is 1.87. The highest BCUT2D eigenvalue weighted by atomic mass is 16.6. The highest BCUT2D eigenvalue weighted by Crippen LogP contribution is 2.16. The van der Waals surface area contributed by atoms with Crippen LogP contribution in [0.1, 0.15) is 41.0 Å². The number of carbonyl (C=O) groups is 2. The molecule has 19 heavy (non-hydrogen) atoms. The van der Waals surface area contributed by atoms with E-state index in [0.717, 1.165) is 6.42 Å². The Balaban J connectivity index is 0.00000324. The first-order valence-electron chi connectivity index (χ1n) is 6.20. The van der Waals surface area contributed by atoms with Crippen molar-refractivity contribution in [3.8, 4) is 0 Å². The summed E-state index contributed by atoms with van der Waals surface area (Å²) >= 11 is 0. The summed E-state index contributed by atoms with van der Waals surface area (Å²) in [5.41, 5.74) is -0.575. The minimum Gasteiger partial charge on any atom is -0.444 e. The molecule has 0 aromatic rings. The zero-order chi connectivity index (χ0) is 13.8. The number of aliphatic hydroxyl groups is 1. The summed E-state index contributed by atoms with van der Waals surface area (Å²) in [7, 11) is 0. The Kier molecular flexibility index (Phi) is 6.83. The van der Waals surface area contributed by atoms with E-state index in [1.807, 2.05) is 0 Å². The maximum atomic E-state index is 11.5. The monoisotopic (exact) mass is 274 g/mol. The van der Waals surface area contributed by atoms with Crippen molar-refractivity contribution in [2.45, 2.75) is 52.7 Å². The molecule has 1 saturated heterocycles. The number of aliphatic hydroxyl groups excluding tert-OH is 1. The van der Waals surface area contributed by atoms with E-state index in [2.05, 4.69) is 10.6 Å². The minimum absolute atomic E-state index is 0. The van der Waals surface area contributed by atoms with Crippen LogP contribution in [0.4, 0.5) is 4.79 Å². The molecule has 0 spiro atoms. The average molecular weight is 274 g/mol. The van der Waals surface area contributed by atoms with Gasteiger partial charge in [0.1, 0.15) is 5.60 Å². The van der Waals surface area contributed by atoms with Crippen LogP contribution in [0.15, 0.2) is 0 Å². The molecule has 1 heterocycles. The van der Waals surface area contributed by atoms with Crippen LogP contribution in [0.3, 0.4) is 0 Å². The molecule has 2 amide bonds. The predicted octanol–water partition coefficient (Wildman–Crippen LogP) is 1.03. The summed E-state index contributed by atoms with van der Waals surface area (Å²) in [6.07, 6.45) is 0.604. The fraction of sp³-hybridized carbons (Fsp3) is 0.846. The van der Waals surface area contributed by atoms with E-state index in [-0.39, 0.29) is 25.9 Å². The molecule has 6 heteroatoms. The SMILES string of the molecule is C.CC(C)(C)OC(=O)N[C@H](CO)C[C@@H]1CCNC1=O. The van der Waals surface area contributed by atoms with Gasteiger partial charge in [-0.2, -0.15) is 0 Å². The first kappa shape index (κ1) is 17.7. The van der Waals surface area contributed by atoms with Crippen molar-refractivity contribution >= 4 is 12.0 Å². The van der Waals surface area contributed by atoms with Gasteiger partial charge in [0.15, 0.2) is 0 Å². The van der Waals surface area contributed by atoms with E-state index < -0.39 is 17.7 Å². The number of ether oxygens (including phenoxy) is 1. The van der Waals surface area contributed by atoms with Gasteiger partial charge in [0.05, 0.1) is 12.6 Å². The zero-order valence-corrected chi connectivity index (χ0v) is 11.2. The number of alkyl carbamates (subject to hydrolysis) is 1. The van der Waals surface area contributed by atoms with Crippen molar-refractivity contribution in [2.24, 2.45) is 5.92 Å². The summed E-state index contributed by atoms with van der Waals surface area (Å²) in [4.78, 5) is 22.9. The maximum absolute atomic E-state index is 11.5. The van der Waals surface area contributed by atoms with Crippen LogP contribution in [0.25, 0.3) is 0 Å². The first-order valence-corrected chi connectivity index (χ1v) is 6.20. The molecular weight excluding hydrogens is 248 g/mol. The molecule has 0 aromatic heterocycles. The quantitative estimate of drug-likeness (QED) is 0.714. The van der Waals surface area contributed by atoms with Crippen molar-refractivity contribution in [3.63, 3.8) is 0 Å². The van der Waals surface area contributed by atoms with Crippen molar-refractivity contribution in [3.05, 3.63) is 0 Å². The van der Waals surface area contributed by atoms with Gasteiger partial charge in [-0.3, -0.25) is 4.79 Å². The van der Waals surface area contributed by atoms with E-state index >= 15 is 0 Å². The van der Waals surface area contributed by atoms with E-state index in [0.29, 0.717) is 13.0 Å². The molecule has 0 aromatic carbocycles. The Labute approximate surface area is 114 Å². The van der Waals surface area contributed by atoms with Crippen LogP contribution in [0, 0.1) is 5.92 Å². The molecule has 1 fully saturated rings. The van der Waals surface area contributed by atoms with Gasteiger partial charge in [0, 0.05) is 12.5 Å². The Morgan fingerprint density at radius 3 is 2.63 bits per heavy atom. The number of carbonyl (C=O) groups excluding carboxylic acids is 2. The van der Waals surface area contributed by atoms with E-state index in [1.54, 1.807) is 20.8 Å². The van der Waals surface area contributed by atoms with Crippen molar-refractivity contribution in [2.75, 3.05) is 13.2 Å². The second-order valence-corrected chi connectivity index (χ2v) is 5.54. The summed E-state index contributed by atoms with van der Waals surface area (Å²) in [6, 6.07) is -0.450. The van der Waals surface area contributed by atoms with Crippen LogP contribution in [0.2, 0.25) is 0 Å². The largest absolute Gasteiger partial charge is 0.444 e. The molecular formula is C13H26N2O4. The van der Waals surface area contributed by atoms with Gasteiger partial charge in [0.25, 0.3) is 0 Å². The first-order chi connectivity index (χ1) is 8.31. The lowest BCUT2D eigenvalue weighted by Gasteiger charge is -2.23. The molecule has 0 bridgehead atoms. The predicted molar refractivity (Wildman–Crippen MR) is 72.7 cm³/mol. The maximum Gasteiger partial charge on any atom is 0.407 e. The van der Waals surface area contributed by atoms with Crippen LogP contribution in [-0.2, 0) is 9.53 Å². The van der Waals surface area contributed by atoms with Crippen LogP contribution in [0.5, 0.6) is 0 Å². The van der Waals surface area contributed by atoms with Crippen molar-refractivity contribution in [1.29, 1.82) is 0 Å². The summed E-state index contributed by atoms with van der Waals surface area (Å²) in [5.74, 6) is -0.156. The standard InChI is InChI=1S/C12H22N2O4.CH4/c1-12(2,3)18-11(17)14-9(7-15)6-8-4-5-13-10(8)16;/h8-9,15H,4-7H2,1-3H3,(H,13,16)(H,14,17);1H4/t8-,9-;/m0./s1. The highest BCUT2D eigenvalue weighted by molar-refractivity contribution is 5.80. The smallest absolute Gasteiger partial charge is 0.407 e. The second-order valence-electron chi connectivity index (χ2n) is 5.54. The highest BCUT2D eigenvalue weighted by Gasteiger charge is 2.28. The van der Waals surface area contributed by atoms with Crippen molar-refractivity contribution < 1.29 is 19.4 Å². The summed E-state index contributed by atoms with van der Waals surface area (Å²) < 4.78 is 5.10. The van der Waals surface area contributed by atoms with Gasteiger partial charge in [-0.15, -0.1) is 0 Å². The molecule has 1 rings (SSSR count). The van der Waals surface area contributed by atoms with Gasteiger partial charge in [-0.1, -0.05) is 7.43 Å². The van der Waals surface area contributed by atoms with Crippen molar-refractivity contribution in [1.82, 2.24) is 10.6 Å². The Morgan fingerprint density at radius 1 is 1.58 bits per heavy atom. The molecule has 3 N–H and O–H groups in total. The Hall–Kier alpha value is -1.30. The summed E-state index contributed by atoms with van der Waals surface area (Å²) in [6.45, 7) is 5.76. The van der Waals surface area contributed by atoms with Crippen LogP contribution >= 0.6 is 0 Å². The summed E-state index contributed by atoms with van der Waals surface area (Å²) in [5, 5.41) is 14.5. The van der Waals surface area contributed by atoms with E-state index in [4.69, 9.17) is 4.74 Å². The average Bonchev–Trinajstić information content (AvgIpc) is 2.60. The number of rotatable bonds is 4. The number of nitrogens with one attached hydrogen (secondary N) is 2. The zero-order valence-electron chi connectivity index (χ0n) is 11.2. The second kappa shape index (κ2) is 7.33. The number of amides is 2. The van der Waals surface area contributed by atoms with E-state index in [1.165, 1.54) is 0 Å². The molecule has 112 valence electrons. The minimum atomic E-state index is -0.575. The number of hydrogen-bond donors (Lipinski definition) is 3. The van der Waals surface area contributed by atoms with Gasteiger partial charge in [-0.05, 0) is 33.6 Å². The Morgan fingerprint density at radius 2 is 2.21 bits per heavy atom. The van der Waals surface area contributed by atoms with Crippen LogP contribution < -0.4 is 10.6 Å². The third kappa shape index (κ3) is 6.42. The lowest BCUT2D eigenvalue weighted by Crippen LogP contribution is -2.42. The molecule has 2 atom stereocenters. The molecule has 0 unspecified atom stereocenters. The number of hydrogen-bond acceptors (Lipinski definition) is 4. The lowest BCUT2D eigenvalue weighted by molar-refractivity contribution is -0.122. The third-order valence-corrected chi connectivity index (χ3v) is 2.67. The fourth-order valence-corrected chi connectivity index (χ4v) is 1.87. The molecule has 6 nitrogen and oxygen atoms in total. The molecule has 0 radical (unpaired) electrons. The molecule has 1 aliphatic rings. The molecule has 0 saturated carbocycles. The van der Waals surface area contributed by atoms with Gasteiger partial charge >= 0.3 is 6.09 Å². The van der Waals surface area contributed by atoms with Crippen LogP contribution in [-0.4, -0.2) is 41.9 Å². The van der Waals surface area contributed by atoms with Gasteiger partial charge in [-0.25, -0.2) is 4.79 Å². The lowest BCUT2D eigenvalue weighted by atomic mass is 9.99. The normalized spacial score (nSPS) is 20.2. The third-order valence-electron chi connectivity index (χ3n) is 2.67. The topological polar surface area (TPSA) is 87.7 Å². The Bertz CT molecular complexity index is 312. The van der Waals surface area contributed by atoms with Gasteiger partial charge in [0.2, 0.25) is 5.91 Å². The molecule has 1 aliphatic heterocycles. The van der Waals surface area contributed by atoms with E-state index in [9.17, 15) is 14.7 Å². The molecule has 0 aliphatic carbocycles.